The van der Waals surface area contributed by atoms with Gasteiger partial charge in [-0.3, -0.25) is 0 Å². The van der Waals surface area contributed by atoms with Crippen LogP contribution in [0.4, 0.5) is 4.39 Å². The smallest absolute Gasteiger partial charge is 0.391 e. The second kappa shape index (κ2) is 4.73. The predicted octanol–water partition coefficient (Wildman–Crippen LogP) is 1.61. The third-order valence-electron chi connectivity index (χ3n) is 2.92. The molecule has 0 aliphatic carbocycles. The number of nitrogens with one attached hydrogen (secondary N) is 1. The third kappa shape index (κ3) is 2.33. The van der Waals surface area contributed by atoms with Crippen molar-refractivity contribution in [2.75, 3.05) is 0 Å². The van der Waals surface area contributed by atoms with Crippen molar-refractivity contribution in [3.05, 3.63) is 51.6 Å². The number of H-pyrrole nitrogens is 1. The van der Waals surface area contributed by atoms with Crippen molar-refractivity contribution in [3.8, 4) is 0 Å². The average molecular weight is 251 g/mol. The molecule has 0 saturated carbocycles. The minimum atomic E-state index is -0.680. The minimum absolute atomic E-state index is 0.0772. The van der Waals surface area contributed by atoms with Crippen molar-refractivity contribution >= 4 is 0 Å². The average Bonchev–Trinajstić information content (AvgIpc) is 2.77. The van der Waals surface area contributed by atoms with Crippen molar-refractivity contribution in [1.29, 1.82) is 0 Å². The number of aromatic nitrogens is 2. The van der Waals surface area contributed by atoms with Gasteiger partial charge in [0.25, 0.3) is 0 Å². The fourth-order valence-electron chi connectivity index (χ4n) is 1.80. The van der Waals surface area contributed by atoms with E-state index in [1.165, 1.54) is 6.07 Å². The number of rotatable bonds is 3. The van der Waals surface area contributed by atoms with Crippen LogP contribution in [0.5, 0.6) is 0 Å². The topological polar surface area (TPSA) is 84.9 Å². The Morgan fingerprint density at radius 1 is 1.50 bits per heavy atom. The highest BCUT2D eigenvalue weighted by Gasteiger charge is 2.24. The standard InChI is InChI=1S/C12H14FN3O2/c1-6-3-4-9(13)8(5-6)7(2)10(14)11-15-16-12(17)18-11/h3-5,7,10H,14H2,1-2H3,(H,16,17). The molecule has 5 nitrogen and oxygen atoms in total. The Kier molecular flexibility index (Phi) is 3.29. The second-order valence-electron chi connectivity index (χ2n) is 4.29. The molecule has 2 rings (SSSR count). The van der Waals surface area contributed by atoms with Gasteiger partial charge in [0.15, 0.2) is 0 Å². The van der Waals surface area contributed by atoms with E-state index in [9.17, 15) is 9.18 Å². The Morgan fingerprint density at radius 2 is 2.22 bits per heavy atom. The van der Waals surface area contributed by atoms with Crippen LogP contribution in [0.3, 0.4) is 0 Å². The zero-order valence-corrected chi connectivity index (χ0v) is 10.1. The summed E-state index contributed by atoms with van der Waals surface area (Å²) in [5.74, 6) is -1.27. The molecule has 96 valence electrons. The van der Waals surface area contributed by atoms with E-state index in [1.807, 2.05) is 6.92 Å². The van der Waals surface area contributed by atoms with Crippen LogP contribution in [0, 0.1) is 12.7 Å². The number of nitrogens with zero attached hydrogens (tertiary/aromatic N) is 1. The molecule has 18 heavy (non-hydrogen) atoms. The fraction of sp³-hybridized carbons (Fsp3) is 0.333. The van der Waals surface area contributed by atoms with Gasteiger partial charge in [-0.05, 0) is 18.6 Å². The molecule has 1 aromatic heterocycles. The van der Waals surface area contributed by atoms with Crippen LogP contribution >= 0.6 is 0 Å². The summed E-state index contributed by atoms with van der Waals surface area (Å²) in [5, 5.41) is 5.80. The molecule has 6 heteroatoms. The first-order valence-corrected chi connectivity index (χ1v) is 5.56. The van der Waals surface area contributed by atoms with Gasteiger partial charge < -0.3 is 10.2 Å². The molecular weight excluding hydrogens is 237 g/mol. The van der Waals surface area contributed by atoms with Crippen LogP contribution in [-0.4, -0.2) is 10.2 Å². The Hall–Kier alpha value is -1.95. The van der Waals surface area contributed by atoms with Crippen LogP contribution in [0.15, 0.2) is 27.4 Å². The lowest BCUT2D eigenvalue weighted by molar-refractivity contribution is 0.397. The van der Waals surface area contributed by atoms with E-state index in [0.717, 1.165) is 5.56 Å². The maximum absolute atomic E-state index is 13.7. The summed E-state index contributed by atoms with van der Waals surface area (Å²) < 4.78 is 18.5. The van der Waals surface area contributed by atoms with Gasteiger partial charge in [0.2, 0.25) is 5.89 Å². The Morgan fingerprint density at radius 3 is 2.83 bits per heavy atom. The summed E-state index contributed by atoms with van der Waals surface area (Å²) in [6.07, 6.45) is 0. The van der Waals surface area contributed by atoms with Gasteiger partial charge in [-0.2, -0.15) is 0 Å². The van der Waals surface area contributed by atoms with E-state index in [2.05, 4.69) is 10.2 Å². The van der Waals surface area contributed by atoms with Crippen LogP contribution in [0.1, 0.15) is 35.9 Å². The first kappa shape index (κ1) is 12.5. The van der Waals surface area contributed by atoms with Crippen LogP contribution in [0.2, 0.25) is 0 Å². The molecule has 2 unspecified atom stereocenters. The summed E-state index contributed by atoms with van der Waals surface area (Å²) in [6, 6.07) is 4.13. The SMILES string of the molecule is Cc1ccc(F)c(C(C)C(N)c2n[nH]c(=O)o2)c1. The number of halogens is 1. The molecule has 0 fully saturated rings. The minimum Gasteiger partial charge on any atom is -0.391 e. The quantitative estimate of drug-likeness (QED) is 0.867. The molecule has 2 aromatic rings. The van der Waals surface area contributed by atoms with Crippen molar-refractivity contribution in [2.24, 2.45) is 5.73 Å². The number of nitrogens with two attached hydrogens (primary N) is 1. The Labute approximate surface area is 103 Å². The summed E-state index contributed by atoms with van der Waals surface area (Å²) >= 11 is 0. The zero-order valence-electron chi connectivity index (χ0n) is 10.1. The first-order chi connectivity index (χ1) is 8.49. The van der Waals surface area contributed by atoms with Crippen LogP contribution < -0.4 is 11.5 Å². The van der Waals surface area contributed by atoms with Gasteiger partial charge in [-0.15, -0.1) is 5.10 Å². The van der Waals surface area contributed by atoms with E-state index < -0.39 is 11.8 Å². The Balaban J connectivity index is 2.33. The maximum atomic E-state index is 13.7. The first-order valence-electron chi connectivity index (χ1n) is 5.56. The lowest BCUT2D eigenvalue weighted by Gasteiger charge is -2.18. The van der Waals surface area contributed by atoms with Gasteiger partial charge in [0.1, 0.15) is 5.82 Å². The van der Waals surface area contributed by atoms with Gasteiger partial charge in [0, 0.05) is 5.92 Å². The van der Waals surface area contributed by atoms with Crippen LogP contribution in [-0.2, 0) is 0 Å². The normalized spacial score (nSPS) is 14.4. The molecule has 0 bridgehead atoms. The summed E-state index contributed by atoms with van der Waals surface area (Å²) in [5.41, 5.74) is 7.34. The van der Waals surface area contributed by atoms with E-state index in [-0.39, 0.29) is 17.6 Å². The number of hydrogen-bond donors (Lipinski definition) is 2. The summed E-state index contributed by atoms with van der Waals surface area (Å²) in [6.45, 7) is 3.63. The highest BCUT2D eigenvalue weighted by molar-refractivity contribution is 5.28. The summed E-state index contributed by atoms with van der Waals surface area (Å²) in [4.78, 5) is 10.9. The highest BCUT2D eigenvalue weighted by Crippen LogP contribution is 2.29. The molecule has 0 amide bonds. The molecule has 0 saturated heterocycles. The molecule has 2 atom stereocenters. The zero-order chi connectivity index (χ0) is 13.3. The number of hydrogen-bond acceptors (Lipinski definition) is 4. The molecular formula is C12H14FN3O2. The molecule has 3 N–H and O–H groups in total. The lowest BCUT2D eigenvalue weighted by Crippen LogP contribution is -2.19. The van der Waals surface area contributed by atoms with Crippen molar-refractivity contribution in [1.82, 2.24) is 10.2 Å². The molecule has 0 aliphatic heterocycles. The molecule has 1 aromatic carbocycles. The van der Waals surface area contributed by atoms with E-state index >= 15 is 0 Å². The molecule has 0 spiro atoms. The van der Waals surface area contributed by atoms with Crippen molar-refractivity contribution < 1.29 is 8.81 Å². The Bertz CT molecular complexity index is 605. The maximum Gasteiger partial charge on any atom is 0.434 e. The van der Waals surface area contributed by atoms with Gasteiger partial charge >= 0.3 is 5.76 Å². The number of benzene rings is 1. The highest BCUT2D eigenvalue weighted by atomic mass is 19.1. The summed E-state index contributed by atoms with van der Waals surface area (Å²) in [7, 11) is 0. The van der Waals surface area contributed by atoms with E-state index in [4.69, 9.17) is 10.2 Å². The van der Waals surface area contributed by atoms with Crippen LogP contribution in [0.25, 0.3) is 0 Å². The van der Waals surface area contributed by atoms with E-state index in [1.54, 1.807) is 19.1 Å². The van der Waals surface area contributed by atoms with Crippen molar-refractivity contribution in [2.45, 2.75) is 25.8 Å². The fourth-order valence-corrected chi connectivity index (χ4v) is 1.80. The molecule has 0 aliphatic rings. The van der Waals surface area contributed by atoms with Gasteiger partial charge in [-0.25, -0.2) is 14.3 Å². The van der Waals surface area contributed by atoms with E-state index in [0.29, 0.717) is 5.56 Å². The third-order valence-corrected chi connectivity index (χ3v) is 2.92. The predicted molar refractivity (Wildman–Crippen MR) is 63.6 cm³/mol. The monoisotopic (exact) mass is 251 g/mol. The molecule has 0 radical (unpaired) electrons. The number of aryl methyl sites for hydroxylation is 1. The second-order valence-corrected chi connectivity index (χ2v) is 4.29. The lowest BCUT2D eigenvalue weighted by atomic mass is 9.92. The largest absolute Gasteiger partial charge is 0.434 e. The molecule has 1 heterocycles. The van der Waals surface area contributed by atoms with Gasteiger partial charge in [0.05, 0.1) is 6.04 Å². The van der Waals surface area contributed by atoms with Gasteiger partial charge in [-0.1, -0.05) is 24.6 Å². The number of aromatic amines is 1. The van der Waals surface area contributed by atoms with Crippen molar-refractivity contribution in [3.63, 3.8) is 0 Å².